The van der Waals surface area contributed by atoms with Crippen LogP contribution in [0.4, 0.5) is 0 Å². The summed E-state index contributed by atoms with van der Waals surface area (Å²) >= 11 is 0. The Bertz CT molecular complexity index is 1210. The lowest BCUT2D eigenvalue weighted by atomic mass is 9.92. The molecular weight excluding hydrogens is 336 g/mol. The first-order valence-electron chi connectivity index (χ1n) is 9.45. The van der Waals surface area contributed by atoms with Crippen molar-refractivity contribution in [3.05, 3.63) is 64.7 Å². The van der Waals surface area contributed by atoms with Crippen molar-refractivity contribution in [2.24, 2.45) is 7.05 Å². The van der Waals surface area contributed by atoms with Crippen LogP contribution in [0.25, 0.3) is 33.4 Å². The lowest BCUT2D eigenvalue weighted by Crippen LogP contribution is -2.29. The Labute approximate surface area is 157 Å². The van der Waals surface area contributed by atoms with E-state index in [1.165, 1.54) is 12.0 Å². The van der Waals surface area contributed by atoms with E-state index < -0.39 is 0 Å². The summed E-state index contributed by atoms with van der Waals surface area (Å²) in [7, 11) is 1.86. The van der Waals surface area contributed by atoms with E-state index in [-0.39, 0.29) is 5.69 Å². The van der Waals surface area contributed by atoms with E-state index >= 15 is 0 Å². The van der Waals surface area contributed by atoms with Gasteiger partial charge in [0.1, 0.15) is 0 Å². The molecule has 5 nitrogen and oxygen atoms in total. The molecule has 2 heterocycles. The number of nitrogens with one attached hydrogen (secondary N) is 1. The molecule has 1 saturated carbocycles. The second-order valence-electron chi connectivity index (χ2n) is 7.52. The van der Waals surface area contributed by atoms with Crippen molar-refractivity contribution >= 4 is 11.0 Å². The summed E-state index contributed by atoms with van der Waals surface area (Å²) in [5, 5.41) is 7.49. The highest BCUT2D eigenvalue weighted by Gasteiger charge is 2.25. The Morgan fingerprint density at radius 2 is 1.93 bits per heavy atom. The summed E-state index contributed by atoms with van der Waals surface area (Å²) in [5.74, 6) is 0. The van der Waals surface area contributed by atoms with Crippen molar-refractivity contribution in [2.75, 3.05) is 0 Å². The predicted octanol–water partition coefficient (Wildman–Crippen LogP) is 4.43. The van der Waals surface area contributed by atoms with Gasteiger partial charge in [0, 0.05) is 30.4 Å². The van der Waals surface area contributed by atoms with Gasteiger partial charge in [-0.25, -0.2) is 4.79 Å². The Hall–Kier alpha value is -3.08. The molecule has 0 amide bonds. The second kappa shape index (κ2) is 5.98. The Balaban J connectivity index is 1.66. The number of H-pyrrole nitrogens is 1. The molecule has 0 unspecified atom stereocenters. The molecule has 0 bridgehead atoms. The molecule has 0 radical (unpaired) electrons. The summed E-state index contributed by atoms with van der Waals surface area (Å²) in [5.41, 5.74) is 7.42. The molecule has 0 saturated heterocycles. The monoisotopic (exact) mass is 358 g/mol. The van der Waals surface area contributed by atoms with Crippen molar-refractivity contribution < 1.29 is 0 Å². The molecule has 136 valence electrons. The molecule has 5 heteroatoms. The predicted molar refractivity (Wildman–Crippen MR) is 108 cm³/mol. The first-order valence-corrected chi connectivity index (χ1v) is 9.45. The SMILES string of the molecule is Cc1cccc(-c2n[nH]cc2-c2ccc3c(c2)n(C)c(=O)n3C2CCC2)c1. The highest BCUT2D eigenvalue weighted by Crippen LogP contribution is 2.35. The zero-order valence-electron chi connectivity index (χ0n) is 15.6. The number of imidazole rings is 1. The summed E-state index contributed by atoms with van der Waals surface area (Å²) in [4.78, 5) is 12.8. The minimum Gasteiger partial charge on any atom is -0.295 e. The van der Waals surface area contributed by atoms with E-state index in [0.717, 1.165) is 46.3 Å². The quantitative estimate of drug-likeness (QED) is 0.589. The number of benzene rings is 2. The van der Waals surface area contributed by atoms with Crippen molar-refractivity contribution in [3.63, 3.8) is 0 Å². The van der Waals surface area contributed by atoms with E-state index in [4.69, 9.17) is 0 Å². The minimum atomic E-state index is 0.0814. The minimum absolute atomic E-state index is 0.0814. The summed E-state index contributed by atoms with van der Waals surface area (Å²) in [6.45, 7) is 2.08. The molecule has 1 aliphatic carbocycles. The number of aryl methyl sites for hydroxylation is 2. The molecule has 27 heavy (non-hydrogen) atoms. The third kappa shape index (κ3) is 2.46. The van der Waals surface area contributed by atoms with Crippen LogP contribution in [0.15, 0.2) is 53.5 Å². The average molecular weight is 358 g/mol. The fraction of sp³-hybridized carbons (Fsp3) is 0.273. The number of nitrogens with zero attached hydrogens (tertiary/aromatic N) is 3. The number of hydrogen-bond acceptors (Lipinski definition) is 2. The molecule has 1 fully saturated rings. The highest BCUT2D eigenvalue weighted by atomic mass is 16.1. The van der Waals surface area contributed by atoms with E-state index in [0.29, 0.717) is 6.04 Å². The topological polar surface area (TPSA) is 55.6 Å². The molecule has 0 spiro atoms. The van der Waals surface area contributed by atoms with E-state index in [9.17, 15) is 4.79 Å². The van der Waals surface area contributed by atoms with Crippen LogP contribution in [0.2, 0.25) is 0 Å². The Morgan fingerprint density at radius 3 is 2.67 bits per heavy atom. The number of rotatable bonds is 3. The van der Waals surface area contributed by atoms with E-state index in [1.54, 1.807) is 4.57 Å². The first-order chi connectivity index (χ1) is 13.1. The van der Waals surface area contributed by atoms with Gasteiger partial charge in [-0.2, -0.15) is 5.10 Å². The van der Waals surface area contributed by atoms with Gasteiger partial charge in [-0.15, -0.1) is 0 Å². The largest absolute Gasteiger partial charge is 0.329 e. The van der Waals surface area contributed by atoms with E-state index in [2.05, 4.69) is 59.6 Å². The van der Waals surface area contributed by atoms with Crippen molar-refractivity contribution in [1.29, 1.82) is 0 Å². The third-order valence-electron chi connectivity index (χ3n) is 5.77. The summed E-state index contributed by atoms with van der Waals surface area (Å²) < 4.78 is 3.74. The van der Waals surface area contributed by atoms with Crippen LogP contribution in [-0.4, -0.2) is 19.3 Å². The van der Waals surface area contributed by atoms with Gasteiger partial charge in [0.15, 0.2) is 0 Å². The smallest absolute Gasteiger partial charge is 0.295 e. The number of fused-ring (bicyclic) bond motifs is 1. The lowest BCUT2D eigenvalue weighted by molar-refractivity contribution is 0.312. The first kappa shape index (κ1) is 16.1. The number of aromatic amines is 1. The molecule has 0 aliphatic heterocycles. The van der Waals surface area contributed by atoms with Crippen LogP contribution < -0.4 is 5.69 Å². The third-order valence-corrected chi connectivity index (χ3v) is 5.77. The van der Waals surface area contributed by atoms with Gasteiger partial charge in [-0.05, 0) is 49.9 Å². The zero-order chi connectivity index (χ0) is 18.5. The maximum absolute atomic E-state index is 12.8. The normalized spacial score (nSPS) is 14.6. The van der Waals surface area contributed by atoms with Crippen LogP contribution in [0, 0.1) is 6.92 Å². The van der Waals surface area contributed by atoms with E-state index in [1.807, 2.05) is 17.8 Å². The van der Waals surface area contributed by atoms with Crippen LogP contribution >= 0.6 is 0 Å². The second-order valence-corrected chi connectivity index (χ2v) is 7.52. The van der Waals surface area contributed by atoms with Crippen molar-refractivity contribution in [1.82, 2.24) is 19.3 Å². The van der Waals surface area contributed by atoms with Crippen LogP contribution in [0.1, 0.15) is 30.9 Å². The van der Waals surface area contributed by atoms with Crippen LogP contribution in [0.5, 0.6) is 0 Å². The maximum atomic E-state index is 12.8. The number of aromatic nitrogens is 4. The molecule has 2 aromatic carbocycles. The van der Waals surface area contributed by atoms with Gasteiger partial charge in [-0.3, -0.25) is 14.2 Å². The molecule has 1 aliphatic rings. The van der Waals surface area contributed by atoms with Crippen molar-refractivity contribution in [2.45, 2.75) is 32.2 Å². The Kier molecular flexibility index (Phi) is 3.57. The molecule has 5 rings (SSSR count). The lowest BCUT2D eigenvalue weighted by Gasteiger charge is -2.26. The molecule has 4 aromatic rings. The van der Waals surface area contributed by atoms with Gasteiger partial charge in [-0.1, -0.05) is 29.8 Å². The summed E-state index contributed by atoms with van der Waals surface area (Å²) in [6.07, 6.45) is 5.33. The molecule has 1 N–H and O–H groups in total. The van der Waals surface area contributed by atoms with Gasteiger partial charge in [0.25, 0.3) is 0 Å². The van der Waals surface area contributed by atoms with Gasteiger partial charge in [0.2, 0.25) is 0 Å². The molecule has 0 atom stereocenters. The summed E-state index contributed by atoms with van der Waals surface area (Å²) in [6, 6.07) is 15.0. The number of hydrogen-bond donors (Lipinski definition) is 1. The standard InChI is InChI=1S/C22H22N4O/c1-14-5-3-6-16(11-14)21-18(13-23-24-21)15-9-10-19-20(12-15)25(2)22(27)26(19)17-7-4-8-17/h3,5-6,9-13,17H,4,7-8H2,1-2H3,(H,23,24). The fourth-order valence-corrected chi connectivity index (χ4v) is 4.05. The molecular formula is C22H22N4O. The zero-order valence-corrected chi connectivity index (χ0v) is 15.6. The van der Waals surface area contributed by atoms with Gasteiger partial charge < -0.3 is 0 Å². The van der Waals surface area contributed by atoms with Crippen LogP contribution in [-0.2, 0) is 7.05 Å². The highest BCUT2D eigenvalue weighted by molar-refractivity contribution is 5.87. The van der Waals surface area contributed by atoms with Gasteiger partial charge >= 0.3 is 5.69 Å². The average Bonchev–Trinajstić information content (AvgIpc) is 3.20. The van der Waals surface area contributed by atoms with Crippen molar-refractivity contribution in [3.8, 4) is 22.4 Å². The maximum Gasteiger partial charge on any atom is 0.329 e. The fourth-order valence-electron chi connectivity index (χ4n) is 4.05. The van der Waals surface area contributed by atoms with Crippen LogP contribution in [0.3, 0.4) is 0 Å². The molecule has 2 aromatic heterocycles. The Morgan fingerprint density at radius 1 is 1.07 bits per heavy atom. The van der Waals surface area contributed by atoms with Gasteiger partial charge in [0.05, 0.1) is 16.7 Å².